The van der Waals surface area contributed by atoms with Crippen LogP contribution in [-0.2, 0) is 18.3 Å². The van der Waals surface area contributed by atoms with E-state index in [0.717, 1.165) is 17.4 Å². The number of nitrogens with zero attached hydrogens (tertiary/aromatic N) is 3. The summed E-state index contributed by atoms with van der Waals surface area (Å²) in [4.78, 5) is 12.3. The van der Waals surface area contributed by atoms with Crippen molar-refractivity contribution in [3.05, 3.63) is 29.0 Å². The number of halogens is 1. The molecule has 1 fully saturated rings. The van der Waals surface area contributed by atoms with E-state index in [1.165, 1.54) is 43.9 Å². The van der Waals surface area contributed by atoms with E-state index in [2.05, 4.69) is 15.5 Å². The Bertz CT molecular complexity index is 790. The van der Waals surface area contributed by atoms with Gasteiger partial charge in [-0.15, -0.1) is 10.2 Å². The van der Waals surface area contributed by atoms with Gasteiger partial charge in [-0.3, -0.25) is 4.79 Å². The second-order valence-electron chi connectivity index (χ2n) is 6.85. The molecule has 1 heterocycles. The molecule has 1 saturated carbocycles. The van der Waals surface area contributed by atoms with Gasteiger partial charge in [0.15, 0.2) is 5.16 Å². The van der Waals surface area contributed by atoms with Crippen molar-refractivity contribution >= 4 is 35.0 Å². The molecule has 0 spiro atoms. The Morgan fingerprint density at radius 1 is 1.33 bits per heavy atom. The predicted molar refractivity (Wildman–Crippen MR) is 109 cm³/mol. The summed E-state index contributed by atoms with van der Waals surface area (Å²) in [6.45, 7) is 0. The first kappa shape index (κ1) is 20.0. The standard InChI is InChI=1S/C19H25ClN4O2S/c1-24-17(10-13-6-4-3-5-7-13)22-23-19(24)27-12-18(25)21-15-11-14(20)8-9-16(15)26-2/h8-9,11,13H,3-7,10,12H2,1-2H3,(H,21,25). The molecular weight excluding hydrogens is 384 g/mol. The first-order chi connectivity index (χ1) is 13.1. The number of amides is 1. The molecule has 0 unspecified atom stereocenters. The number of thioether (sulfide) groups is 1. The maximum Gasteiger partial charge on any atom is 0.234 e. The zero-order chi connectivity index (χ0) is 19.2. The average Bonchev–Trinajstić information content (AvgIpc) is 3.01. The molecule has 0 saturated heterocycles. The van der Waals surface area contributed by atoms with Gasteiger partial charge in [0.05, 0.1) is 18.6 Å². The predicted octanol–water partition coefficient (Wildman–Crippen LogP) is 4.33. The number of rotatable bonds is 7. The Morgan fingerprint density at radius 2 is 2.11 bits per heavy atom. The van der Waals surface area contributed by atoms with E-state index in [-0.39, 0.29) is 11.7 Å². The van der Waals surface area contributed by atoms with Gasteiger partial charge in [-0.05, 0) is 24.1 Å². The highest BCUT2D eigenvalue weighted by Gasteiger charge is 2.18. The fraction of sp³-hybridized carbons (Fsp3) is 0.526. The van der Waals surface area contributed by atoms with Crippen LogP contribution in [0.1, 0.15) is 37.9 Å². The van der Waals surface area contributed by atoms with E-state index >= 15 is 0 Å². The van der Waals surface area contributed by atoms with Gasteiger partial charge in [0.2, 0.25) is 5.91 Å². The molecule has 1 aliphatic rings. The van der Waals surface area contributed by atoms with Crippen LogP contribution in [0.25, 0.3) is 0 Å². The number of carbonyl (C=O) groups excluding carboxylic acids is 1. The van der Waals surface area contributed by atoms with Gasteiger partial charge in [0.25, 0.3) is 0 Å². The molecule has 1 aliphatic carbocycles. The minimum Gasteiger partial charge on any atom is -0.495 e. The molecule has 1 N–H and O–H groups in total. The SMILES string of the molecule is COc1ccc(Cl)cc1NC(=O)CSc1nnc(CC2CCCCC2)n1C. The number of ether oxygens (including phenoxy) is 1. The van der Waals surface area contributed by atoms with Crippen LogP contribution in [0, 0.1) is 5.92 Å². The lowest BCUT2D eigenvalue weighted by Crippen LogP contribution is -2.15. The summed E-state index contributed by atoms with van der Waals surface area (Å²) >= 11 is 7.38. The summed E-state index contributed by atoms with van der Waals surface area (Å²) < 4.78 is 7.26. The molecular formula is C19H25ClN4O2S. The maximum absolute atomic E-state index is 12.3. The molecule has 6 nitrogen and oxygen atoms in total. The maximum atomic E-state index is 12.3. The third-order valence-electron chi connectivity index (χ3n) is 4.89. The molecule has 1 aromatic carbocycles. The highest BCUT2D eigenvalue weighted by atomic mass is 35.5. The molecule has 27 heavy (non-hydrogen) atoms. The van der Waals surface area contributed by atoms with Crippen molar-refractivity contribution in [2.75, 3.05) is 18.2 Å². The van der Waals surface area contributed by atoms with Crippen LogP contribution in [0.15, 0.2) is 23.4 Å². The van der Waals surface area contributed by atoms with Crippen molar-refractivity contribution in [3.63, 3.8) is 0 Å². The van der Waals surface area contributed by atoms with Gasteiger partial charge in [-0.2, -0.15) is 0 Å². The molecule has 0 radical (unpaired) electrons. The molecule has 0 bridgehead atoms. The van der Waals surface area contributed by atoms with E-state index in [1.807, 2.05) is 11.6 Å². The van der Waals surface area contributed by atoms with Crippen molar-refractivity contribution in [2.45, 2.75) is 43.7 Å². The number of aromatic nitrogens is 3. The Balaban J connectivity index is 1.55. The monoisotopic (exact) mass is 408 g/mol. The number of hydrogen-bond acceptors (Lipinski definition) is 5. The summed E-state index contributed by atoms with van der Waals surface area (Å²) in [6.07, 6.45) is 7.51. The number of methoxy groups -OCH3 is 1. The molecule has 1 aromatic heterocycles. The first-order valence-electron chi connectivity index (χ1n) is 9.21. The van der Waals surface area contributed by atoms with Crippen LogP contribution in [0.4, 0.5) is 5.69 Å². The van der Waals surface area contributed by atoms with Gasteiger partial charge >= 0.3 is 0 Å². The lowest BCUT2D eigenvalue weighted by molar-refractivity contribution is -0.113. The fourth-order valence-corrected chi connectivity index (χ4v) is 4.29. The zero-order valence-corrected chi connectivity index (χ0v) is 17.3. The highest BCUT2D eigenvalue weighted by Crippen LogP contribution is 2.29. The van der Waals surface area contributed by atoms with Crippen molar-refractivity contribution < 1.29 is 9.53 Å². The molecule has 3 rings (SSSR count). The van der Waals surface area contributed by atoms with Crippen LogP contribution in [-0.4, -0.2) is 33.5 Å². The Labute approximate surface area is 169 Å². The number of hydrogen-bond donors (Lipinski definition) is 1. The van der Waals surface area contributed by atoms with Gasteiger partial charge in [0.1, 0.15) is 11.6 Å². The number of anilines is 1. The molecule has 1 amide bonds. The zero-order valence-electron chi connectivity index (χ0n) is 15.7. The third-order valence-corrected chi connectivity index (χ3v) is 6.14. The molecule has 146 valence electrons. The third kappa shape index (κ3) is 5.39. The van der Waals surface area contributed by atoms with E-state index < -0.39 is 0 Å². The van der Waals surface area contributed by atoms with E-state index in [0.29, 0.717) is 22.4 Å². The van der Waals surface area contributed by atoms with E-state index in [9.17, 15) is 4.79 Å². The Hall–Kier alpha value is -1.73. The van der Waals surface area contributed by atoms with Crippen LogP contribution < -0.4 is 10.1 Å². The number of nitrogens with one attached hydrogen (secondary N) is 1. The number of benzene rings is 1. The normalized spacial score (nSPS) is 14.9. The summed E-state index contributed by atoms with van der Waals surface area (Å²) in [5.74, 6) is 2.38. The van der Waals surface area contributed by atoms with Crippen LogP contribution in [0.5, 0.6) is 5.75 Å². The largest absolute Gasteiger partial charge is 0.495 e. The molecule has 8 heteroatoms. The Morgan fingerprint density at radius 3 is 2.85 bits per heavy atom. The minimum absolute atomic E-state index is 0.141. The second-order valence-corrected chi connectivity index (χ2v) is 8.23. The van der Waals surface area contributed by atoms with Crippen LogP contribution in [0.3, 0.4) is 0 Å². The summed E-state index contributed by atoms with van der Waals surface area (Å²) in [5.41, 5.74) is 0.562. The van der Waals surface area contributed by atoms with Crippen LogP contribution >= 0.6 is 23.4 Å². The van der Waals surface area contributed by atoms with Crippen molar-refractivity contribution in [1.29, 1.82) is 0 Å². The Kier molecular flexibility index (Phi) is 7.01. The lowest BCUT2D eigenvalue weighted by Gasteiger charge is -2.20. The van der Waals surface area contributed by atoms with E-state index in [1.54, 1.807) is 25.3 Å². The molecule has 0 aliphatic heterocycles. The summed E-state index contributed by atoms with van der Waals surface area (Å²) in [5, 5.41) is 12.7. The molecule has 0 atom stereocenters. The van der Waals surface area contributed by atoms with Gasteiger partial charge in [-0.1, -0.05) is 55.5 Å². The van der Waals surface area contributed by atoms with Gasteiger partial charge in [-0.25, -0.2) is 0 Å². The van der Waals surface area contributed by atoms with Gasteiger partial charge < -0.3 is 14.6 Å². The summed E-state index contributed by atoms with van der Waals surface area (Å²) in [6, 6.07) is 5.12. The smallest absolute Gasteiger partial charge is 0.234 e. The molecule has 2 aromatic rings. The quantitative estimate of drug-likeness (QED) is 0.690. The lowest BCUT2D eigenvalue weighted by atomic mass is 9.87. The fourth-order valence-electron chi connectivity index (χ4n) is 3.39. The van der Waals surface area contributed by atoms with Crippen molar-refractivity contribution in [3.8, 4) is 5.75 Å². The van der Waals surface area contributed by atoms with Crippen molar-refractivity contribution in [2.24, 2.45) is 13.0 Å². The second kappa shape index (κ2) is 9.46. The minimum atomic E-state index is -0.141. The highest BCUT2D eigenvalue weighted by molar-refractivity contribution is 7.99. The topological polar surface area (TPSA) is 69.0 Å². The first-order valence-corrected chi connectivity index (χ1v) is 10.6. The van der Waals surface area contributed by atoms with Crippen molar-refractivity contribution in [1.82, 2.24) is 14.8 Å². The van der Waals surface area contributed by atoms with E-state index in [4.69, 9.17) is 16.3 Å². The summed E-state index contributed by atoms with van der Waals surface area (Å²) in [7, 11) is 3.53. The number of carbonyl (C=O) groups is 1. The van der Waals surface area contributed by atoms with Gasteiger partial charge in [0, 0.05) is 18.5 Å². The van der Waals surface area contributed by atoms with Crippen LogP contribution in [0.2, 0.25) is 5.02 Å². The average molecular weight is 409 g/mol.